The van der Waals surface area contributed by atoms with E-state index in [9.17, 15) is 4.79 Å². The Balaban J connectivity index is 1.91. The number of carbonyl (C=O) groups excluding carboxylic acids is 1. The number of hydrogen-bond donors (Lipinski definition) is 1. The van der Waals surface area contributed by atoms with E-state index < -0.39 is 0 Å². The number of nitrogens with zero attached hydrogens (tertiary/aromatic N) is 1. The van der Waals surface area contributed by atoms with Crippen LogP contribution in [0.4, 0.5) is 5.69 Å². The number of hydrogen-bond acceptors (Lipinski definition) is 2. The number of anilines is 1. The van der Waals surface area contributed by atoms with E-state index in [-0.39, 0.29) is 11.8 Å². The van der Waals surface area contributed by atoms with Crippen LogP contribution in [0.3, 0.4) is 0 Å². The van der Waals surface area contributed by atoms with Crippen molar-refractivity contribution in [2.24, 2.45) is 0 Å². The number of aryl methyl sites for hydroxylation is 1. The van der Waals surface area contributed by atoms with Crippen molar-refractivity contribution in [3.63, 3.8) is 0 Å². The number of para-hydroxylation sites is 2. The summed E-state index contributed by atoms with van der Waals surface area (Å²) in [6.45, 7) is 8.17. The van der Waals surface area contributed by atoms with E-state index in [4.69, 9.17) is 28.2 Å². The van der Waals surface area contributed by atoms with Gasteiger partial charge in [0.05, 0.1) is 21.8 Å². The molecule has 0 unspecified atom stereocenters. The second kappa shape index (κ2) is 8.93. The van der Waals surface area contributed by atoms with Gasteiger partial charge in [-0.1, -0.05) is 73.4 Å². The summed E-state index contributed by atoms with van der Waals surface area (Å²) in [6.07, 6.45) is 0. The Labute approximate surface area is 198 Å². The van der Waals surface area contributed by atoms with Crippen molar-refractivity contribution in [1.82, 2.24) is 4.98 Å². The smallest absolute Gasteiger partial charge is 0.256 e. The SMILES string of the molecule is Cc1cccc(C(C)C)c1NC(=O)c1c(C)c(-c2ccc(Cl)cc2Cl)nc2ccccc12. The highest BCUT2D eigenvalue weighted by Crippen LogP contribution is 2.36. The topological polar surface area (TPSA) is 42.0 Å². The first-order chi connectivity index (χ1) is 15.3. The summed E-state index contributed by atoms with van der Waals surface area (Å²) in [5.41, 5.74) is 6.50. The predicted octanol–water partition coefficient (Wildman–Crippen LogP) is 8.20. The van der Waals surface area contributed by atoms with Gasteiger partial charge in [-0.3, -0.25) is 4.79 Å². The third-order valence-corrected chi connectivity index (χ3v) is 6.26. The number of fused-ring (bicyclic) bond motifs is 1. The van der Waals surface area contributed by atoms with Gasteiger partial charge in [-0.05, 0) is 60.7 Å². The van der Waals surface area contributed by atoms with Crippen molar-refractivity contribution >= 4 is 45.7 Å². The fourth-order valence-corrected chi connectivity index (χ4v) is 4.56. The van der Waals surface area contributed by atoms with Crippen LogP contribution in [-0.2, 0) is 0 Å². The molecule has 0 saturated heterocycles. The lowest BCUT2D eigenvalue weighted by molar-refractivity contribution is 0.102. The molecule has 0 fully saturated rings. The molecule has 5 heteroatoms. The monoisotopic (exact) mass is 462 g/mol. The minimum atomic E-state index is -0.163. The lowest BCUT2D eigenvalue weighted by atomic mass is 9.95. The van der Waals surface area contributed by atoms with Crippen LogP contribution >= 0.6 is 23.2 Å². The van der Waals surface area contributed by atoms with Gasteiger partial charge in [0.2, 0.25) is 0 Å². The Bertz CT molecular complexity index is 1350. The Hall–Kier alpha value is -2.88. The van der Waals surface area contributed by atoms with Crippen LogP contribution < -0.4 is 5.32 Å². The zero-order valence-electron chi connectivity index (χ0n) is 18.5. The van der Waals surface area contributed by atoms with E-state index in [1.165, 1.54) is 0 Å². The van der Waals surface area contributed by atoms with Gasteiger partial charge in [0.15, 0.2) is 0 Å². The quantitative estimate of drug-likeness (QED) is 0.331. The van der Waals surface area contributed by atoms with Crippen LogP contribution in [0.25, 0.3) is 22.2 Å². The molecule has 32 heavy (non-hydrogen) atoms. The van der Waals surface area contributed by atoms with E-state index in [0.717, 1.165) is 38.8 Å². The molecule has 0 atom stereocenters. The third-order valence-electron chi connectivity index (χ3n) is 5.71. The van der Waals surface area contributed by atoms with Crippen molar-refractivity contribution in [3.05, 3.63) is 93.0 Å². The summed E-state index contributed by atoms with van der Waals surface area (Å²) in [4.78, 5) is 18.5. The van der Waals surface area contributed by atoms with Gasteiger partial charge in [0, 0.05) is 21.7 Å². The van der Waals surface area contributed by atoms with Gasteiger partial charge in [-0.25, -0.2) is 4.98 Å². The lowest BCUT2D eigenvalue weighted by Crippen LogP contribution is -2.17. The van der Waals surface area contributed by atoms with E-state index in [1.807, 2.05) is 56.3 Å². The van der Waals surface area contributed by atoms with Gasteiger partial charge in [0.1, 0.15) is 0 Å². The van der Waals surface area contributed by atoms with Crippen LogP contribution in [0.1, 0.15) is 46.8 Å². The molecule has 4 aromatic rings. The largest absolute Gasteiger partial charge is 0.321 e. The first-order valence-electron chi connectivity index (χ1n) is 10.5. The lowest BCUT2D eigenvalue weighted by Gasteiger charge is -2.19. The fourth-order valence-electron chi connectivity index (χ4n) is 4.06. The van der Waals surface area contributed by atoms with Gasteiger partial charge in [0.25, 0.3) is 5.91 Å². The molecule has 3 aromatic carbocycles. The molecule has 4 rings (SSSR count). The highest BCUT2D eigenvalue weighted by atomic mass is 35.5. The number of benzene rings is 3. The summed E-state index contributed by atoms with van der Waals surface area (Å²) < 4.78 is 0. The molecular formula is C27H24Cl2N2O. The first-order valence-corrected chi connectivity index (χ1v) is 11.3. The van der Waals surface area contributed by atoms with Gasteiger partial charge in [-0.15, -0.1) is 0 Å². The summed E-state index contributed by atoms with van der Waals surface area (Å²) in [5.74, 6) is 0.118. The maximum Gasteiger partial charge on any atom is 0.256 e. The van der Waals surface area contributed by atoms with E-state index in [0.29, 0.717) is 21.3 Å². The molecule has 1 N–H and O–H groups in total. The second-order valence-electron chi connectivity index (χ2n) is 8.25. The van der Waals surface area contributed by atoms with Crippen LogP contribution in [0.15, 0.2) is 60.7 Å². The maximum absolute atomic E-state index is 13.7. The zero-order chi connectivity index (χ0) is 23.0. The number of nitrogens with one attached hydrogen (secondary N) is 1. The van der Waals surface area contributed by atoms with Crippen LogP contribution in [0.2, 0.25) is 10.0 Å². The number of amides is 1. The van der Waals surface area contributed by atoms with Crippen LogP contribution in [0, 0.1) is 13.8 Å². The number of halogens is 2. The number of aromatic nitrogens is 1. The van der Waals surface area contributed by atoms with E-state index in [2.05, 4.69) is 25.2 Å². The number of rotatable bonds is 4. The van der Waals surface area contributed by atoms with Gasteiger partial charge in [-0.2, -0.15) is 0 Å². The summed E-state index contributed by atoms with van der Waals surface area (Å²) in [5, 5.41) is 5.04. The highest BCUT2D eigenvalue weighted by Gasteiger charge is 2.22. The fraction of sp³-hybridized carbons (Fsp3) is 0.185. The molecule has 1 aromatic heterocycles. The minimum Gasteiger partial charge on any atom is -0.321 e. The zero-order valence-corrected chi connectivity index (χ0v) is 20.0. The van der Waals surface area contributed by atoms with Crippen molar-refractivity contribution in [2.75, 3.05) is 5.32 Å². The number of carbonyl (C=O) groups is 1. The van der Waals surface area contributed by atoms with Gasteiger partial charge >= 0.3 is 0 Å². The molecule has 0 spiro atoms. The predicted molar refractivity (Wildman–Crippen MR) is 135 cm³/mol. The Morgan fingerprint density at radius 2 is 1.72 bits per heavy atom. The summed E-state index contributed by atoms with van der Waals surface area (Å²) >= 11 is 12.6. The molecule has 0 saturated carbocycles. The maximum atomic E-state index is 13.7. The molecule has 0 radical (unpaired) electrons. The molecule has 0 aliphatic carbocycles. The second-order valence-corrected chi connectivity index (χ2v) is 9.09. The van der Waals surface area contributed by atoms with Crippen molar-refractivity contribution in [3.8, 4) is 11.3 Å². The molecular weight excluding hydrogens is 439 g/mol. The third kappa shape index (κ3) is 4.11. The van der Waals surface area contributed by atoms with Crippen molar-refractivity contribution in [2.45, 2.75) is 33.6 Å². The van der Waals surface area contributed by atoms with Gasteiger partial charge < -0.3 is 5.32 Å². The minimum absolute atomic E-state index is 0.163. The average Bonchev–Trinajstić information content (AvgIpc) is 2.74. The summed E-state index contributed by atoms with van der Waals surface area (Å²) in [6, 6.07) is 19.1. The summed E-state index contributed by atoms with van der Waals surface area (Å²) in [7, 11) is 0. The molecule has 3 nitrogen and oxygen atoms in total. The van der Waals surface area contributed by atoms with Crippen molar-refractivity contribution in [1.29, 1.82) is 0 Å². The van der Waals surface area contributed by atoms with E-state index in [1.54, 1.807) is 12.1 Å². The molecule has 0 bridgehead atoms. The Kier molecular flexibility index (Phi) is 6.23. The van der Waals surface area contributed by atoms with Crippen molar-refractivity contribution < 1.29 is 4.79 Å². The molecule has 0 aliphatic rings. The van der Waals surface area contributed by atoms with Crippen LogP contribution in [-0.4, -0.2) is 10.9 Å². The average molecular weight is 463 g/mol. The highest BCUT2D eigenvalue weighted by molar-refractivity contribution is 6.36. The molecule has 162 valence electrons. The standard InChI is InChI=1S/C27H24Cl2N2O/c1-15(2)19-10-7-8-16(3)25(19)31-27(32)24-17(4)26(20-13-12-18(28)14-22(20)29)30-23-11-6-5-9-21(23)24/h5-15H,1-4H3,(H,31,32). The number of pyridine rings is 1. The Morgan fingerprint density at radius 1 is 0.969 bits per heavy atom. The molecule has 1 heterocycles. The molecule has 1 amide bonds. The van der Waals surface area contributed by atoms with E-state index >= 15 is 0 Å². The normalized spacial score (nSPS) is 11.2. The first kappa shape index (κ1) is 22.3. The van der Waals surface area contributed by atoms with Crippen LogP contribution in [0.5, 0.6) is 0 Å². The Morgan fingerprint density at radius 3 is 2.44 bits per heavy atom. The molecule has 0 aliphatic heterocycles.